The maximum absolute atomic E-state index is 6.48. The normalized spacial score (nSPS) is 13.8. The molecule has 1 saturated carbocycles. The molecule has 0 bridgehead atoms. The SMILES string of the molecule is COc1cc(/C=N/NC(=S)Nc2ccccc2)cc(Cl)c1OCCOc1ccc(C2CCCCC2)cc1. The first kappa shape index (κ1) is 26.8. The van der Waals surface area contributed by atoms with E-state index < -0.39 is 0 Å². The molecule has 2 N–H and O–H groups in total. The van der Waals surface area contributed by atoms with Crippen molar-refractivity contribution in [3.05, 3.63) is 82.9 Å². The minimum Gasteiger partial charge on any atom is -0.493 e. The summed E-state index contributed by atoms with van der Waals surface area (Å²) in [5.41, 5.74) is 5.81. The Labute approximate surface area is 229 Å². The smallest absolute Gasteiger partial charge is 0.191 e. The lowest BCUT2D eigenvalue weighted by Gasteiger charge is -2.22. The highest BCUT2D eigenvalue weighted by atomic mass is 35.5. The van der Waals surface area contributed by atoms with Gasteiger partial charge in [-0.3, -0.25) is 5.43 Å². The topological polar surface area (TPSA) is 64.1 Å². The van der Waals surface area contributed by atoms with Gasteiger partial charge in [0.05, 0.1) is 18.3 Å². The summed E-state index contributed by atoms with van der Waals surface area (Å²) in [6.45, 7) is 0.718. The van der Waals surface area contributed by atoms with Crippen LogP contribution in [0.2, 0.25) is 5.02 Å². The molecule has 8 heteroatoms. The Balaban J connectivity index is 1.25. The van der Waals surface area contributed by atoms with Crippen molar-refractivity contribution >= 4 is 40.8 Å². The molecule has 0 unspecified atom stereocenters. The van der Waals surface area contributed by atoms with E-state index in [1.165, 1.54) is 37.7 Å². The van der Waals surface area contributed by atoms with Crippen LogP contribution in [0.25, 0.3) is 0 Å². The average Bonchev–Trinajstić information content (AvgIpc) is 2.93. The third-order valence-electron chi connectivity index (χ3n) is 6.22. The van der Waals surface area contributed by atoms with E-state index in [1.54, 1.807) is 25.5 Å². The summed E-state index contributed by atoms with van der Waals surface area (Å²) in [6, 6.07) is 21.6. The van der Waals surface area contributed by atoms with E-state index in [2.05, 4.69) is 28.0 Å². The molecule has 0 amide bonds. The van der Waals surface area contributed by atoms with Crippen molar-refractivity contribution in [2.45, 2.75) is 38.0 Å². The number of methoxy groups -OCH3 is 1. The number of hydrazone groups is 1. The number of thiocarbonyl (C=S) groups is 1. The van der Waals surface area contributed by atoms with E-state index >= 15 is 0 Å². The first-order chi connectivity index (χ1) is 18.1. The second kappa shape index (κ2) is 13.9. The summed E-state index contributed by atoms with van der Waals surface area (Å²) in [6.07, 6.45) is 8.21. The minimum atomic E-state index is 0.328. The number of nitrogens with one attached hydrogen (secondary N) is 2. The Bertz CT molecular complexity index is 1180. The summed E-state index contributed by atoms with van der Waals surface area (Å²) in [5.74, 6) is 2.50. The van der Waals surface area contributed by atoms with Crippen LogP contribution in [0, 0.1) is 0 Å². The number of ether oxygens (including phenoxy) is 3. The highest BCUT2D eigenvalue weighted by Gasteiger charge is 2.15. The quantitative estimate of drug-likeness (QED) is 0.124. The fourth-order valence-electron chi connectivity index (χ4n) is 4.38. The van der Waals surface area contributed by atoms with E-state index in [-0.39, 0.29) is 0 Å². The van der Waals surface area contributed by atoms with Crippen molar-refractivity contribution < 1.29 is 14.2 Å². The molecule has 194 valence electrons. The number of hydrogen-bond acceptors (Lipinski definition) is 5. The van der Waals surface area contributed by atoms with E-state index in [0.717, 1.165) is 17.0 Å². The molecule has 0 aliphatic heterocycles. The van der Waals surface area contributed by atoms with Crippen LogP contribution in [0.4, 0.5) is 5.69 Å². The van der Waals surface area contributed by atoms with Gasteiger partial charge in [0.15, 0.2) is 16.6 Å². The van der Waals surface area contributed by atoms with Crippen LogP contribution < -0.4 is 25.0 Å². The lowest BCUT2D eigenvalue weighted by atomic mass is 9.84. The maximum Gasteiger partial charge on any atom is 0.191 e. The second-order valence-corrected chi connectivity index (χ2v) is 9.64. The molecule has 1 fully saturated rings. The van der Waals surface area contributed by atoms with E-state index in [9.17, 15) is 0 Å². The number of para-hydroxylation sites is 1. The molecule has 3 aromatic carbocycles. The fourth-order valence-corrected chi connectivity index (χ4v) is 4.82. The predicted octanol–water partition coefficient (Wildman–Crippen LogP) is 7.17. The third-order valence-corrected chi connectivity index (χ3v) is 6.69. The Morgan fingerprint density at radius 1 is 1.00 bits per heavy atom. The van der Waals surface area contributed by atoms with Gasteiger partial charge in [-0.2, -0.15) is 5.10 Å². The first-order valence-corrected chi connectivity index (χ1v) is 13.3. The molecule has 0 saturated heterocycles. The first-order valence-electron chi connectivity index (χ1n) is 12.5. The summed E-state index contributed by atoms with van der Waals surface area (Å²) >= 11 is 11.7. The van der Waals surface area contributed by atoms with E-state index in [4.69, 9.17) is 38.0 Å². The summed E-state index contributed by atoms with van der Waals surface area (Å²) in [7, 11) is 1.57. The Morgan fingerprint density at radius 3 is 2.46 bits per heavy atom. The number of rotatable bonds is 10. The third kappa shape index (κ3) is 8.10. The Kier molecular flexibility index (Phi) is 10.0. The van der Waals surface area contributed by atoms with Gasteiger partial charge >= 0.3 is 0 Å². The molecule has 3 aromatic rings. The van der Waals surface area contributed by atoms with Gasteiger partial charge in [-0.15, -0.1) is 0 Å². The number of nitrogens with zero attached hydrogens (tertiary/aromatic N) is 1. The second-order valence-electron chi connectivity index (χ2n) is 8.83. The van der Waals surface area contributed by atoms with Crippen LogP contribution in [-0.2, 0) is 0 Å². The van der Waals surface area contributed by atoms with E-state index in [0.29, 0.717) is 40.8 Å². The van der Waals surface area contributed by atoms with Crippen molar-refractivity contribution in [3.8, 4) is 17.2 Å². The number of anilines is 1. The molecular weight excluding hydrogens is 506 g/mol. The highest BCUT2D eigenvalue weighted by Crippen LogP contribution is 2.36. The molecule has 0 radical (unpaired) electrons. The van der Waals surface area contributed by atoms with Gasteiger partial charge in [-0.1, -0.05) is 61.2 Å². The van der Waals surface area contributed by atoms with Crippen LogP contribution in [-0.4, -0.2) is 31.7 Å². The van der Waals surface area contributed by atoms with Crippen molar-refractivity contribution in [2.75, 3.05) is 25.6 Å². The summed E-state index contributed by atoms with van der Waals surface area (Å²) in [4.78, 5) is 0. The highest BCUT2D eigenvalue weighted by molar-refractivity contribution is 7.80. The zero-order valence-electron chi connectivity index (χ0n) is 20.9. The molecule has 37 heavy (non-hydrogen) atoms. The standard InChI is InChI=1S/C29H32ClN3O3S/c1-34-27-19-21(20-31-33-29(37)32-24-10-6-3-7-11-24)18-26(30)28(27)36-17-16-35-25-14-12-23(13-15-25)22-8-4-2-5-9-22/h3,6-7,10-15,18-20,22H,2,4-5,8-9,16-17H2,1H3,(H2,32,33,37)/b31-20+. The number of halogens is 1. The number of hydrogen-bond donors (Lipinski definition) is 2. The zero-order chi connectivity index (χ0) is 25.9. The van der Waals surface area contributed by atoms with E-state index in [1.807, 2.05) is 42.5 Å². The van der Waals surface area contributed by atoms with Crippen LogP contribution in [0.15, 0.2) is 71.8 Å². The average molecular weight is 538 g/mol. The van der Waals surface area contributed by atoms with Crippen molar-refractivity contribution in [3.63, 3.8) is 0 Å². The minimum absolute atomic E-state index is 0.328. The molecule has 6 nitrogen and oxygen atoms in total. The zero-order valence-corrected chi connectivity index (χ0v) is 22.5. The van der Waals surface area contributed by atoms with Crippen molar-refractivity contribution in [1.29, 1.82) is 0 Å². The van der Waals surface area contributed by atoms with Crippen molar-refractivity contribution in [1.82, 2.24) is 5.43 Å². The molecule has 1 aliphatic rings. The molecule has 0 atom stereocenters. The molecule has 1 aliphatic carbocycles. The van der Waals surface area contributed by atoms with Crippen LogP contribution in [0.5, 0.6) is 17.2 Å². The maximum atomic E-state index is 6.48. The monoisotopic (exact) mass is 537 g/mol. The van der Waals surface area contributed by atoms with Gasteiger partial charge in [0.25, 0.3) is 0 Å². The van der Waals surface area contributed by atoms with Gasteiger partial charge in [0, 0.05) is 5.69 Å². The van der Waals surface area contributed by atoms with Gasteiger partial charge in [-0.25, -0.2) is 0 Å². The largest absolute Gasteiger partial charge is 0.493 e. The lowest BCUT2D eigenvalue weighted by molar-refractivity contribution is 0.211. The predicted molar refractivity (Wildman–Crippen MR) is 155 cm³/mol. The molecule has 0 heterocycles. The molecule has 0 aromatic heterocycles. The van der Waals surface area contributed by atoms with Gasteiger partial charge in [0.1, 0.15) is 19.0 Å². The van der Waals surface area contributed by atoms with Crippen LogP contribution in [0.3, 0.4) is 0 Å². The molecule has 4 rings (SSSR count). The summed E-state index contributed by atoms with van der Waals surface area (Å²) < 4.78 is 17.2. The van der Waals surface area contributed by atoms with Crippen LogP contribution >= 0.6 is 23.8 Å². The van der Waals surface area contributed by atoms with Crippen molar-refractivity contribution in [2.24, 2.45) is 5.10 Å². The Morgan fingerprint density at radius 2 is 1.73 bits per heavy atom. The number of benzene rings is 3. The molecular formula is C29H32ClN3O3S. The van der Waals surface area contributed by atoms with Gasteiger partial charge in [0.2, 0.25) is 0 Å². The van der Waals surface area contributed by atoms with Gasteiger partial charge < -0.3 is 19.5 Å². The van der Waals surface area contributed by atoms with Gasteiger partial charge in [-0.05, 0) is 78.5 Å². The Hall–Kier alpha value is -3.29. The molecule has 0 spiro atoms. The van der Waals surface area contributed by atoms with Crippen LogP contribution in [0.1, 0.15) is 49.1 Å². The fraction of sp³-hybridized carbons (Fsp3) is 0.310. The summed E-state index contributed by atoms with van der Waals surface area (Å²) in [5, 5.41) is 8.03. The lowest BCUT2D eigenvalue weighted by Crippen LogP contribution is -2.23.